The highest BCUT2D eigenvalue weighted by Gasteiger charge is 2.30. The number of carbonyl (C=O) groups excluding carboxylic acids is 2. The van der Waals surface area contributed by atoms with Crippen molar-refractivity contribution in [3.05, 3.63) is 58.1 Å². The smallest absolute Gasteiger partial charge is 0.318 e. The second kappa shape index (κ2) is 7.04. The van der Waals surface area contributed by atoms with E-state index < -0.39 is 23.6 Å². The number of halogens is 4. The first-order chi connectivity index (χ1) is 11.2. The zero-order valence-electron chi connectivity index (χ0n) is 12.4. The minimum Gasteiger partial charge on any atom is -0.318 e. The number of hydrogen-bond donors (Lipinski definition) is 2. The van der Waals surface area contributed by atoms with Gasteiger partial charge in [0.25, 0.3) is 0 Å². The Hall–Kier alpha value is -2.35. The summed E-state index contributed by atoms with van der Waals surface area (Å²) in [5, 5.41) is 4.52. The van der Waals surface area contributed by atoms with E-state index in [-0.39, 0.29) is 5.69 Å². The van der Waals surface area contributed by atoms with Gasteiger partial charge in [-0.25, -0.2) is 0 Å². The predicted molar refractivity (Wildman–Crippen MR) is 87.6 cm³/mol. The largest absolute Gasteiger partial charge is 0.416 e. The quantitative estimate of drug-likeness (QED) is 0.736. The van der Waals surface area contributed by atoms with E-state index in [1.165, 1.54) is 6.07 Å². The highest BCUT2D eigenvalue weighted by Crippen LogP contribution is 2.30. The Morgan fingerprint density at radius 2 is 1.54 bits per heavy atom. The first kappa shape index (κ1) is 18.0. The highest BCUT2D eigenvalue weighted by molar-refractivity contribution is 9.10. The average Bonchev–Trinajstić information content (AvgIpc) is 2.50. The lowest BCUT2D eigenvalue weighted by molar-refractivity contribution is -0.137. The van der Waals surface area contributed by atoms with Crippen LogP contribution in [0.1, 0.15) is 11.1 Å². The molecule has 2 N–H and O–H groups in total. The van der Waals surface area contributed by atoms with Gasteiger partial charge in [0, 0.05) is 15.8 Å². The van der Waals surface area contributed by atoms with Crippen LogP contribution in [0.25, 0.3) is 0 Å². The second-order valence-corrected chi connectivity index (χ2v) is 5.81. The zero-order valence-corrected chi connectivity index (χ0v) is 14.0. The molecule has 2 rings (SSSR count). The van der Waals surface area contributed by atoms with Crippen LogP contribution in [0.2, 0.25) is 0 Å². The van der Waals surface area contributed by atoms with Crippen molar-refractivity contribution in [3.8, 4) is 0 Å². The number of alkyl halides is 3. The van der Waals surface area contributed by atoms with Crippen LogP contribution in [-0.2, 0) is 15.8 Å². The molecule has 0 bridgehead atoms. The van der Waals surface area contributed by atoms with Crippen molar-refractivity contribution in [1.82, 2.24) is 0 Å². The monoisotopic (exact) mass is 400 g/mol. The molecule has 0 aliphatic heterocycles. The van der Waals surface area contributed by atoms with Gasteiger partial charge in [-0.3, -0.25) is 9.59 Å². The number of anilines is 2. The lowest BCUT2D eigenvalue weighted by atomic mass is 10.2. The van der Waals surface area contributed by atoms with Crippen LogP contribution in [0, 0.1) is 6.92 Å². The number of carbonyl (C=O) groups is 2. The van der Waals surface area contributed by atoms with E-state index in [2.05, 4.69) is 26.6 Å². The molecule has 4 nitrogen and oxygen atoms in total. The van der Waals surface area contributed by atoms with Crippen LogP contribution in [0.5, 0.6) is 0 Å². The van der Waals surface area contributed by atoms with Crippen molar-refractivity contribution in [2.75, 3.05) is 10.6 Å². The third kappa shape index (κ3) is 4.58. The number of amides is 2. The van der Waals surface area contributed by atoms with Crippen LogP contribution >= 0.6 is 15.9 Å². The molecule has 0 unspecified atom stereocenters. The van der Waals surface area contributed by atoms with E-state index in [1.807, 2.05) is 6.92 Å². The Morgan fingerprint density at radius 3 is 2.08 bits per heavy atom. The van der Waals surface area contributed by atoms with Crippen LogP contribution in [0.15, 0.2) is 46.9 Å². The van der Waals surface area contributed by atoms with Gasteiger partial charge < -0.3 is 10.6 Å². The number of aryl methyl sites for hydroxylation is 1. The SMILES string of the molecule is Cc1cc(NC(=O)C(=O)Nc2cccc(C(F)(F)F)c2)ccc1Br. The Bertz CT molecular complexity index is 791. The van der Waals surface area contributed by atoms with Crippen molar-refractivity contribution >= 4 is 39.1 Å². The van der Waals surface area contributed by atoms with Gasteiger partial charge in [-0.1, -0.05) is 22.0 Å². The zero-order chi connectivity index (χ0) is 17.9. The topological polar surface area (TPSA) is 58.2 Å². The number of nitrogens with one attached hydrogen (secondary N) is 2. The van der Waals surface area contributed by atoms with Gasteiger partial charge in [0.1, 0.15) is 0 Å². The fraction of sp³-hybridized carbons (Fsp3) is 0.125. The third-order valence-corrected chi connectivity index (χ3v) is 3.96. The Morgan fingerprint density at radius 1 is 0.958 bits per heavy atom. The van der Waals surface area contributed by atoms with Crippen LogP contribution in [0.3, 0.4) is 0 Å². The molecular formula is C16H12BrF3N2O2. The molecule has 0 aromatic heterocycles. The van der Waals surface area contributed by atoms with E-state index >= 15 is 0 Å². The fourth-order valence-corrected chi connectivity index (χ4v) is 2.12. The molecule has 0 heterocycles. The Kier molecular flexibility index (Phi) is 5.28. The molecule has 8 heteroatoms. The number of hydrogen-bond acceptors (Lipinski definition) is 2. The minimum absolute atomic E-state index is 0.114. The third-order valence-electron chi connectivity index (χ3n) is 3.07. The minimum atomic E-state index is -4.53. The van der Waals surface area contributed by atoms with Gasteiger partial charge in [0.2, 0.25) is 0 Å². The maximum absolute atomic E-state index is 12.6. The van der Waals surface area contributed by atoms with Crippen LogP contribution < -0.4 is 10.6 Å². The number of benzene rings is 2. The van der Waals surface area contributed by atoms with Crippen LogP contribution in [0.4, 0.5) is 24.5 Å². The van der Waals surface area contributed by atoms with Gasteiger partial charge in [-0.05, 0) is 48.9 Å². The summed E-state index contributed by atoms with van der Waals surface area (Å²) in [5.74, 6) is -2.04. The summed E-state index contributed by atoms with van der Waals surface area (Å²) in [5.41, 5.74) is 0.229. The summed E-state index contributed by atoms with van der Waals surface area (Å²) >= 11 is 3.31. The summed E-state index contributed by atoms with van der Waals surface area (Å²) in [7, 11) is 0. The first-order valence-corrected chi connectivity index (χ1v) is 7.52. The molecule has 2 aromatic rings. The second-order valence-electron chi connectivity index (χ2n) is 4.95. The van der Waals surface area contributed by atoms with Crippen molar-refractivity contribution in [2.45, 2.75) is 13.1 Å². The number of rotatable bonds is 2. The van der Waals surface area contributed by atoms with Gasteiger partial charge in [-0.15, -0.1) is 0 Å². The fourth-order valence-electron chi connectivity index (χ4n) is 1.87. The van der Waals surface area contributed by atoms with E-state index in [9.17, 15) is 22.8 Å². The highest BCUT2D eigenvalue weighted by atomic mass is 79.9. The summed E-state index contributed by atoms with van der Waals surface area (Å²) in [6.07, 6.45) is -4.53. The standard InChI is InChI=1S/C16H12BrF3N2O2/c1-9-7-12(5-6-13(9)17)22-15(24)14(23)21-11-4-2-3-10(8-11)16(18,19)20/h2-8H,1H3,(H,21,23)(H,22,24). The molecule has 0 saturated heterocycles. The molecule has 24 heavy (non-hydrogen) atoms. The van der Waals surface area contributed by atoms with Crippen molar-refractivity contribution in [3.63, 3.8) is 0 Å². The molecule has 0 aliphatic rings. The van der Waals surface area contributed by atoms with Crippen molar-refractivity contribution in [2.24, 2.45) is 0 Å². The Labute approximate surface area is 144 Å². The lowest BCUT2D eigenvalue weighted by Crippen LogP contribution is -2.29. The maximum Gasteiger partial charge on any atom is 0.416 e. The van der Waals surface area contributed by atoms with E-state index in [1.54, 1.807) is 18.2 Å². The molecular weight excluding hydrogens is 389 g/mol. The predicted octanol–water partition coefficient (Wildman–Crippen LogP) is 4.35. The molecule has 0 aliphatic carbocycles. The molecule has 0 radical (unpaired) electrons. The van der Waals surface area contributed by atoms with E-state index in [4.69, 9.17) is 0 Å². The van der Waals surface area contributed by atoms with Crippen molar-refractivity contribution < 1.29 is 22.8 Å². The molecule has 126 valence electrons. The van der Waals surface area contributed by atoms with E-state index in [0.29, 0.717) is 5.69 Å². The normalized spacial score (nSPS) is 11.0. The molecule has 0 fully saturated rings. The van der Waals surface area contributed by atoms with Crippen LogP contribution in [-0.4, -0.2) is 11.8 Å². The lowest BCUT2D eigenvalue weighted by Gasteiger charge is -2.10. The summed E-state index contributed by atoms with van der Waals surface area (Å²) in [4.78, 5) is 23.7. The molecule has 2 aromatic carbocycles. The molecule has 2 amide bonds. The maximum atomic E-state index is 12.6. The summed E-state index contributed by atoms with van der Waals surface area (Å²) in [6, 6.07) is 9.00. The average molecular weight is 401 g/mol. The van der Waals surface area contributed by atoms with Crippen molar-refractivity contribution in [1.29, 1.82) is 0 Å². The van der Waals surface area contributed by atoms with Gasteiger partial charge in [0.05, 0.1) is 5.56 Å². The molecule has 0 spiro atoms. The van der Waals surface area contributed by atoms with E-state index in [0.717, 1.165) is 28.2 Å². The summed E-state index contributed by atoms with van der Waals surface area (Å²) < 4.78 is 38.7. The first-order valence-electron chi connectivity index (χ1n) is 6.72. The molecule has 0 atom stereocenters. The van der Waals surface area contributed by atoms with Gasteiger partial charge in [0.15, 0.2) is 0 Å². The molecule has 0 saturated carbocycles. The summed E-state index contributed by atoms with van der Waals surface area (Å²) in [6.45, 7) is 1.81. The van der Waals surface area contributed by atoms with Gasteiger partial charge >= 0.3 is 18.0 Å². The Balaban J connectivity index is 2.06. The van der Waals surface area contributed by atoms with Gasteiger partial charge in [-0.2, -0.15) is 13.2 Å².